The molecular formula is C29H22F3N3O3S2. The van der Waals surface area contributed by atoms with E-state index in [1.165, 1.54) is 17.7 Å². The number of hydrogen-bond donors (Lipinski definition) is 0. The van der Waals surface area contributed by atoms with Gasteiger partial charge in [0.2, 0.25) is 10.0 Å². The third kappa shape index (κ3) is 4.85. The van der Waals surface area contributed by atoms with Gasteiger partial charge in [0, 0.05) is 18.0 Å². The molecule has 2 aromatic heterocycles. The van der Waals surface area contributed by atoms with Crippen molar-refractivity contribution in [3.05, 3.63) is 117 Å². The van der Waals surface area contributed by atoms with Crippen LogP contribution in [-0.2, 0) is 35.7 Å². The monoisotopic (exact) mass is 581 g/mol. The largest absolute Gasteiger partial charge is 0.416 e. The third-order valence-electron chi connectivity index (χ3n) is 7.01. The van der Waals surface area contributed by atoms with Crippen molar-refractivity contribution in [3.63, 3.8) is 0 Å². The molecule has 0 atom stereocenters. The Labute approximate surface area is 232 Å². The summed E-state index contributed by atoms with van der Waals surface area (Å²) in [5.41, 5.74) is 2.63. The molecule has 3 heterocycles. The van der Waals surface area contributed by atoms with Crippen LogP contribution < -0.4 is 5.56 Å². The summed E-state index contributed by atoms with van der Waals surface area (Å²) in [6.07, 6.45) is -2.89. The highest BCUT2D eigenvalue weighted by Gasteiger charge is 2.35. The minimum absolute atomic E-state index is 0.0324. The highest BCUT2D eigenvalue weighted by atomic mass is 32.2. The van der Waals surface area contributed by atoms with E-state index >= 15 is 0 Å². The van der Waals surface area contributed by atoms with Gasteiger partial charge in [0.1, 0.15) is 4.83 Å². The van der Waals surface area contributed by atoms with Crippen LogP contribution in [-0.4, -0.2) is 28.8 Å². The van der Waals surface area contributed by atoms with Crippen molar-refractivity contribution < 1.29 is 21.6 Å². The van der Waals surface area contributed by atoms with E-state index in [4.69, 9.17) is 0 Å². The average Bonchev–Trinajstić information content (AvgIpc) is 3.34. The first-order chi connectivity index (χ1) is 19.1. The van der Waals surface area contributed by atoms with Gasteiger partial charge in [0.15, 0.2) is 0 Å². The van der Waals surface area contributed by atoms with Crippen molar-refractivity contribution in [1.82, 2.24) is 13.9 Å². The van der Waals surface area contributed by atoms with Gasteiger partial charge in [0.25, 0.3) is 5.56 Å². The van der Waals surface area contributed by atoms with Crippen LogP contribution in [0.3, 0.4) is 0 Å². The first-order valence-corrected chi connectivity index (χ1v) is 14.7. The number of alkyl halides is 3. The van der Waals surface area contributed by atoms with Gasteiger partial charge in [-0.2, -0.15) is 17.5 Å². The Morgan fingerprint density at radius 3 is 2.38 bits per heavy atom. The zero-order valence-corrected chi connectivity index (χ0v) is 22.6. The van der Waals surface area contributed by atoms with Gasteiger partial charge in [-0.05, 0) is 46.9 Å². The number of benzene rings is 3. The first-order valence-electron chi connectivity index (χ1n) is 12.4. The number of sulfonamides is 1. The summed E-state index contributed by atoms with van der Waals surface area (Å²) in [7, 11) is -4.17. The molecule has 0 spiro atoms. The predicted octanol–water partition coefficient (Wildman–Crippen LogP) is 5.94. The minimum atomic E-state index is -4.65. The third-order valence-corrected chi connectivity index (χ3v) is 9.97. The number of hydrogen-bond acceptors (Lipinski definition) is 5. The van der Waals surface area contributed by atoms with Crippen molar-refractivity contribution in [2.45, 2.75) is 30.6 Å². The molecule has 6 nitrogen and oxygen atoms in total. The molecular weight excluding hydrogens is 559 g/mol. The summed E-state index contributed by atoms with van der Waals surface area (Å²) in [5.74, 6) is 0. The highest BCUT2D eigenvalue weighted by Crippen LogP contribution is 2.36. The van der Waals surface area contributed by atoms with Crippen LogP contribution in [0.5, 0.6) is 0 Å². The molecule has 3 aromatic carbocycles. The Morgan fingerprint density at radius 1 is 0.925 bits per heavy atom. The zero-order valence-electron chi connectivity index (χ0n) is 20.9. The topological polar surface area (TPSA) is 72.3 Å². The van der Waals surface area contributed by atoms with Crippen LogP contribution in [0.15, 0.2) is 94.9 Å². The number of aromatic nitrogens is 2. The first kappa shape index (κ1) is 26.4. The van der Waals surface area contributed by atoms with Gasteiger partial charge >= 0.3 is 6.18 Å². The molecule has 0 radical (unpaired) electrons. The Balaban J connectivity index is 1.26. The standard InChI is InChI=1S/C29H22F3N3O3S2/c30-29(31,32)22-7-4-8-23(15-22)40(37,38)35-14-13-24-25(17-35)39-27-26(24)28(36)34(18-33-27)16-19-9-11-21(12-10-19)20-5-2-1-3-6-20/h1-12,15,18H,13-14,16-17H2. The Bertz CT molecular complexity index is 1880. The van der Waals surface area contributed by atoms with Crippen molar-refractivity contribution in [2.75, 3.05) is 6.54 Å². The summed E-state index contributed by atoms with van der Waals surface area (Å²) >= 11 is 1.24. The van der Waals surface area contributed by atoms with Gasteiger partial charge in [-0.3, -0.25) is 9.36 Å². The molecule has 6 rings (SSSR count). The smallest absolute Gasteiger partial charge is 0.294 e. The Morgan fingerprint density at radius 2 is 1.65 bits per heavy atom. The number of halogens is 3. The van der Waals surface area contributed by atoms with E-state index in [0.717, 1.165) is 44.8 Å². The number of fused-ring (bicyclic) bond motifs is 3. The van der Waals surface area contributed by atoms with Crippen LogP contribution >= 0.6 is 11.3 Å². The second-order valence-corrected chi connectivity index (χ2v) is 12.6. The van der Waals surface area contributed by atoms with E-state index < -0.39 is 26.7 Å². The fourth-order valence-corrected chi connectivity index (χ4v) is 7.66. The SMILES string of the molecule is O=c1c2c3c(sc2ncn1Cc1ccc(-c2ccccc2)cc1)CN(S(=O)(=O)c1cccc(C(F)(F)F)c1)CC3. The van der Waals surface area contributed by atoms with Crippen LogP contribution in [0.25, 0.3) is 21.3 Å². The number of rotatable bonds is 5. The number of nitrogens with zero attached hydrogens (tertiary/aromatic N) is 3. The zero-order chi connectivity index (χ0) is 28.1. The van der Waals surface area contributed by atoms with Crippen LogP contribution in [0, 0.1) is 0 Å². The van der Waals surface area contributed by atoms with Gasteiger partial charge in [-0.25, -0.2) is 13.4 Å². The summed E-state index contributed by atoms with van der Waals surface area (Å²) in [6.45, 7) is 0.347. The van der Waals surface area contributed by atoms with E-state index in [2.05, 4.69) is 4.98 Å². The molecule has 0 unspecified atom stereocenters. The van der Waals surface area contributed by atoms with Crippen LogP contribution in [0.1, 0.15) is 21.6 Å². The lowest BCUT2D eigenvalue weighted by Crippen LogP contribution is -2.35. The van der Waals surface area contributed by atoms with Crippen LogP contribution in [0.4, 0.5) is 13.2 Å². The van der Waals surface area contributed by atoms with Gasteiger partial charge in [-0.15, -0.1) is 11.3 Å². The molecule has 0 bridgehead atoms. The molecule has 0 saturated carbocycles. The van der Waals surface area contributed by atoms with Gasteiger partial charge in [-0.1, -0.05) is 60.7 Å². The molecule has 5 aromatic rings. The van der Waals surface area contributed by atoms with Crippen molar-refractivity contribution >= 4 is 31.6 Å². The Hall–Kier alpha value is -3.80. The highest BCUT2D eigenvalue weighted by molar-refractivity contribution is 7.89. The lowest BCUT2D eigenvalue weighted by Gasteiger charge is -2.26. The van der Waals surface area contributed by atoms with Gasteiger partial charge in [0.05, 0.1) is 28.7 Å². The number of thiophene rings is 1. The minimum Gasteiger partial charge on any atom is -0.294 e. The lowest BCUT2D eigenvalue weighted by atomic mass is 10.0. The summed E-state index contributed by atoms with van der Waals surface area (Å²) < 4.78 is 68.6. The predicted molar refractivity (Wildman–Crippen MR) is 148 cm³/mol. The normalized spacial score (nSPS) is 14.4. The van der Waals surface area contributed by atoms with Crippen molar-refractivity contribution in [2.24, 2.45) is 0 Å². The molecule has 0 amide bonds. The molecule has 11 heteroatoms. The fourth-order valence-electron chi connectivity index (χ4n) is 4.92. The molecule has 40 heavy (non-hydrogen) atoms. The molecule has 0 N–H and O–H groups in total. The summed E-state index contributed by atoms with van der Waals surface area (Å²) in [5, 5.41) is 0.472. The van der Waals surface area contributed by atoms with E-state index in [1.807, 2.05) is 54.6 Å². The average molecular weight is 582 g/mol. The van der Waals surface area contributed by atoms with Crippen molar-refractivity contribution in [1.29, 1.82) is 0 Å². The molecule has 0 fully saturated rings. The fraction of sp³-hybridized carbons (Fsp3) is 0.172. The van der Waals surface area contributed by atoms with E-state index in [0.29, 0.717) is 27.7 Å². The molecule has 1 aliphatic rings. The van der Waals surface area contributed by atoms with Gasteiger partial charge < -0.3 is 0 Å². The maximum atomic E-state index is 13.5. The second-order valence-electron chi connectivity index (χ2n) is 9.54. The Kier molecular flexibility index (Phi) is 6.60. The molecule has 0 saturated heterocycles. The summed E-state index contributed by atoms with van der Waals surface area (Å²) in [6, 6.07) is 21.7. The lowest BCUT2D eigenvalue weighted by molar-refractivity contribution is -0.137. The van der Waals surface area contributed by atoms with Crippen LogP contribution in [0.2, 0.25) is 0 Å². The molecule has 0 aliphatic carbocycles. The quantitative estimate of drug-likeness (QED) is 0.258. The van der Waals surface area contributed by atoms with Crippen molar-refractivity contribution in [3.8, 4) is 11.1 Å². The summed E-state index contributed by atoms with van der Waals surface area (Å²) in [4.78, 5) is 18.7. The molecule has 1 aliphatic heterocycles. The van der Waals surface area contributed by atoms with E-state index in [9.17, 15) is 26.4 Å². The maximum absolute atomic E-state index is 13.5. The van der Waals surface area contributed by atoms with E-state index in [1.54, 1.807) is 4.57 Å². The maximum Gasteiger partial charge on any atom is 0.416 e. The molecule has 204 valence electrons. The van der Waals surface area contributed by atoms with E-state index in [-0.39, 0.29) is 25.1 Å². The second kappa shape index (κ2) is 9.99.